The molecule has 0 saturated carbocycles. The number of rotatable bonds is 3. The Morgan fingerprint density at radius 1 is 1.42 bits per heavy atom. The fourth-order valence-electron chi connectivity index (χ4n) is 2.50. The van der Waals surface area contributed by atoms with Crippen LogP contribution in [0.2, 0.25) is 0 Å². The van der Waals surface area contributed by atoms with Crippen molar-refractivity contribution in [2.75, 3.05) is 5.75 Å². The average Bonchev–Trinajstić information content (AvgIpc) is 2.36. The van der Waals surface area contributed by atoms with Gasteiger partial charge in [-0.15, -0.1) is 0 Å². The Kier molecular flexibility index (Phi) is 4.60. The zero-order valence-corrected chi connectivity index (χ0v) is 12.7. The molecule has 1 aliphatic rings. The third-order valence-corrected chi connectivity index (χ3v) is 6.25. The quantitative estimate of drug-likeness (QED) is 0.646. The van der Waals surface area contributed by atoms with Gasteiger partial charge in [-0.2, -0.15) is 0 Å². The highest BCUT2D eigenvalue weighted by Crippen LogP contribution is 2.32. The number of hydrazine groups is 1. The first kappa shape index (κ1) is 14.9. The minimum Gasteiger partial charge on any atom is -0.271 e. The van der Waals surface area contributed by atoms with Crippen LogP contribution >= 0.6 is 15.9 Å². The molecule has 0 radical (unpaired) electrons. The molecule has 1 heterocycles. The molecule has 0 aromatic heterocycles. The van der Waals surface area contributed by atoms with E-state index in [1.165, 1.54) is 6.07 Å². The van der Waals surface area contributed by atoms with Gasteiger partial charge in [0.05, 0.1) is 17.0 Å². The van der Waals surface area contributed by atoms with Crippen LogP contribution in [0.15, 0.2) is 22.7 Å². The highest BCUT2D eigenvalue weighted by molar-refractivity contribution is 9.10. The molecule has 2 atom stereocenters. The normalized spacial score (nSPS) is 24.1. The summed E-state index contributed by atoms with van der Waals surface area (Å²) in [5.74, 6) is 5.17. The summed E-state index contributed by atoms with van der Waals surface area (Å²) in [6, 6.07) is 3.73. The van der Waals surface area contributed by atoms with Crippen molar-refractivity contribution >= 4 is 25.8 Å². The van der Waals surface area contributed by atoms with E-state index in [4.69, 9.17) is 5.84 Å². The Bertz CT molecular complexity index is 565. The zero-order chi connectivity index (χ0) is 14.0. The van der Waals surface area contributed by atoms with E-state index in [9.17, 15) is 12.8 Å². The van der Waals surface area contributed by atoms with E-state index in [1.807, 2.05) is 0 Å². The Morgan fingerprint density at radius 2 is 2.16 bits per heavy atom. The summed E-state index contributed by atoms with van der Waals surface area (Å²) in [5, 5.41) is -0.671. The minimum absolute atomic E-state index is 0.144. The lowest BCUT2D eigenvalue weighted by atomic mass is 9.99. The summed E-state index contributed by atoms with van der Waals surface area (Å²) < 4.78 is 38.8. The molecule has 0 amide bonds. The van der Waals surface area contributed by atoms with Crippen LogP contribution in [-0.4, -0.2) is 19.4 Å². The molecular weight excluding hydrogens is 335 g/mol. The predicted molar refractivity (Wildman–Crippen MR) is 75.6 cm³/mol. The predicted octanol–water partition coefficient (Wildman–Crippen LogP) is 2.06. The second-order valence-corrected chi connectivity index (χ2v) is 7.97. The second-order valence-electron chi connectivity index (χ2n) is 4.71. The highest BCUT2D eigenvalue weighted by atomic mass is 79.9. The lowest BCUT2D eigenvalue weighted by Gasteiger charge is -2.30. The second kappa shape index (κ2) is 5.87. The Labute approximate surface area is 120 Å². The summed E-state index contributed by atoms with van der Waals surface area (Å²) in [6.07, 6.45) is 1.98. The monoisotopic (exact) mass is 350 g/mol. The lowest BCUT2D eigenvalue weighted by Crippen LogP contribution is -2.43. The summed E-state index contributed by atoms with van der Waals surface area (Å²) in [4.78, 5) is 0. The molecule has 1 saturated heterocycles. The first-order valence-electron chi connectivity index (χ1n) is 6.08. The van der Waals surface area contributed by atoms with Crippen LogP contribution in [0.4, 0.5) is 4.39 Å². The number of hydrogen-bond acceptors (Lipinski definition) is 4. The highest BCUT2D eigenvalue weighted by Gasteiger charge is 2.37. The van der Waals surface area contributed by atoms with E-state index in [0.29, 0.717) is 17.3 Å². The van der Waals surface area contributed by atoms with Crippen molar-refractivity contribution < 1.29 is 12.8 Å². The lowest BCUT2D eigenvalue weighted by molar-refractivity contribution is 0.439. The maximum absolute atomic E-state index is 13.9. The van der Waals surface area contributed by atoms with E-state index in [0.717, 1.165) is 6.42 Å². The molecule has 1 aromatic carbocycles. The van der Waals surface area contributed by atoms with Gasteiger partial charge in [-0.1, -0.05) is 22.4 Å². The van der Waals surface area contributed by atoms with Gasteiger partial charge in [0.15, 0.2) is 9.84 Å². The molecule has 106 valence electrons. The van der Waals surface area contributed by atoms with Gasteiger partial charge in [-0.25, -0.2) is 12.8 Å². The Balaban J connectivity index is 2.41. The first-order chi connectivity index (χ1) is 8.95. The van der Waals surface area contributed by atoms with E-state index in [2.05, 4.69) is 21.4 Å². The average molecular weight is 351 g/mol. The third kappa shape index (κ3) is 3.16. The molecule has 7 heteroatoms. The van der Waals surface area contributed by atoms with Gasteiger partial charge in [0.1, 0.15) is 5.82 Å². The van der Waals surface area contributed by atoms with E-state index in [-0.39, 0.29) is 11.3 Å². The topological polar surface area (TPSA) is 72.2 Å². The van der Waals surface area contributed by atoms with Gasteiger partial charge in [-0.3, -0.25) is 11.3 Å². The van der Waals surface area contributed by atoms with Crippen molar-refractivity contribution in [2.45, 2.75) is 30.6 Å². The van der Waals surface area contributed by atoms with Crippen molar-refractivity contribution in [1.82, 2.24) is 5.43 Å². The van der Waals surface area contributed by atoms with Crippen molar-refractivity contribution in [1.29, 1.82) is 0 Å². The molecule has 19 heavy (non-hydrogen) atoms. The Morgan fingerprint density at radius 3 is 2.79 bits per heavy atom. The van der Waals surface area contributed by atoms with Crippen LogP contribution in [-0.2, 0) is 9.84 Å². The molecule has 2 rings (SSSR count). The number of halogens is 2. The van der Waals surface area contributed by atoms with Crippen LogP contribution < -0.4 is 11.3 Å². The number of benzene rings is 1. The summed E-state index contributed by atoms with van der Waals surface area (Å²) >= 11 is 3.26. The fraction of sp³-hybridized carbons (Fsp3) is 0.500. The molecule has 2 unspecified atom stereocenters. The first-order valence-corrected chi connectivity index (χ1v) is 8.59. The zero-order valence-electron chi connectivity index (χ0n) is 10.3. The SMILES string of the molecule is NNC(c1cc(Br)ccc1F)C1CCCCS1(=O)=O. The number of nitrogens with one attached hydrogen (secondary N) is 1. The van der Waals surface area contributed by atoms with Gasteiger partial charge in [-0.05, 0) is 31.0 Å². The Hall–Kier alpha value is -0.500. The number of nitrogens with two attached hydrogens (primary N) is 1. The van der Waals surface area contributed by atoms with Crippen LogP contribution in [0.3, 0.4) is 0 Å². The fourth-order valence-corrected chi connectivity index (χ4v) is 4.96. The summed E-state index contributed by atoms with van der Waals surface area (Å²) in [7, 11) is -3.24. The maximum atomic E-state index is 13.9. The van der Waals surface area contributed by atoms with Gasteiger partial charge in [0, 0.05) is 10.0 Å². The van der Waals surface area contributed by atoms with E-state index < -0.39 is 26.9 Å². The van der Waals surface area contributed by atoms with Crippen LogP contribution in [0.5, 0.6) is 0 Å². The number of sulfone groups is 1. The standard InChI is InChI=1S/C12H16BrFN2O2S/c13-8-4-5-10(14)9(7-8)12(16-15)11-3-1-2-6-19(11,17)18/h4-5,7,11-12,16H,1-3,6,15H2. The molecule has 4 nitrogen and oxygen atoms in total. The molecule has 1 fully saturated rings. The van der Waals surface area contributed by atoms with Crippen molar-refractivity contribution in [3.63, 3.8) is 0 Å². The third-order valence-electron chi connectivity index (χ3n) is 3.47. The van der Waals surface area contributed by atoms with Crippen LogP contribution in [0, 0.1) is 5.82 Å². The van der Waals surface area contributed by atoms with Crippen LogP contribution in [0.25, 0.3) is 0 Å². The minimum atomic E-state index is -3.24. The smallest absolute Gasteiger partial charge is 0.155 e. The molecule has 1 aromatic rings. The van der Waals surface area contributed by atoms with Gasteiger partial charge in [0.2, 0.25) is 0 Å². The summed E-state index contributed by atoms with van der Waals surface area (Å²) in [5.41, 5.74) is 2.76. The van der Waals surface area contributed by atoms with Gasteiger partial charge < -0.3 is 0 Å². The molecule has 0 spiro atoms. The molecule has 0 aliphatic carbocycles. The maximum Gasteiger partial charge on any atom is 0.155 e. The van der Waals surface area contributed by atoms with Crippen LogP contribution in [0.1, 0.15) is 30.9 Å². The summed E-state index contributed by atoms with van der Waals surface area (Å²) in [6.45, 7) is 0. The molecule has 3 N–H and O–H groups in total. The van der Waals surface area contributed by atoms with Crippen molar-refractivity contribution in [3.8, 4) is 0 Å². The van der Waals surface area contributed by atoms with Crippen molar-refractivity contribution in [3.05, 3.63) is 34.1 Å². The number of hydrogen-bond donors (Lipinski definition) is 2. The van der Waals surface area contributed by atoms with E-state index >= 15 is 0 Å². The van der Waals surface area contributed by atoms with Gasteiger partial charge in [0.25, 0.3) is 0 Å². The van der Waals surface area contributed by atoms with Gasteiger partial charge >= 0.3 is 0 Å². The molecule has 0 bridgehead atoms. The van der Waals surface area contributed by atoms with E-state index in [1.54, 1.807) is 12.1 Å². The molecular formula is C12H16BrFN2O2S. The largest absolute Gasteiger partial charge is 0.271 e. The molecule has 1 aliphatic heterocycles. The van der Waals surface area contributed by atoms with Crippen molar-refractivity contribution in [2.24, 2.45) is 5.84 Å².